The monoisotopic (exact) mass is 450 g/mol. The second-order valence-corrected chi connectivity index (χ2v) is 7.36. The first-order chi connectivity index (χ1) is 15.7. The molecule has 4 rings (SSSR count). The molecule has 1 saturated heterocycles. The van der Waals surface area contributed by atoms with Gasteiger partial charge in [-0.25, -0.2) is 9.80 Å². The molecule has 0 saturated carbocycles. The molecule has 0 unspecified atom stereocenters. The number of nitrogens with zero attached hydrogens (tertiary/aromatic N) is 2. The van der Waals surface area contributed by atoms with Gasteiger partial charge in [-0.2, -0.15) is 0 Å². The molecule has 0 aliphatic carbocycles. The number of fused-ring (bicyclic) bond motifs is 1. The third-order valence-corrected chi connectivity index (χ3v) is 5.12. The van der Waals surface area contributed by atoms with E-state index >= 15 is 0 Å². The van der Waals surface area contributed by atoms with Crippen molar-refractivity contribution in [2.45, 2.75) is 12.8 Å². The highest BCUT2D eigenvalue weighted by molar-refractivity contribution is 6.21. The molecule has 2 heterocycles. The molecular weight excluding hydrogens is 432 g/mol. The normalized spacial score (nSPS) is 15.3. The van der Waals surface area contributed by atoms with Crippen LogP contribution in [0.2, 0.25) is 0 Å². The number of carbonyl (C=O) groups is 6. The Morgan fingerprint density at radius 3 is 2.39 bits per heavy atom. The van der Waals surface area contributed by atoms with Crippen LogP contribution in [0.1, 0.15) is 43.9 Å². The van der Waals surface area contributed by atoms with E-state index in [2.05, 4.69) is 10.7 Å². The van der Waals surface area contributed by atoms with E-state index in [9.17, 15) is 28.8 Å². The summed E-state index contributed by atoms with van der Waals surface area (Å²) in [4.78, 5) is 72.8. The Hall–Kier alpha value is -4.54. The van der Waals surface area contributed by atoms with Crippen LogP contribution in [0, 0.1) is 0 Å². The average Bonchev–Trinajstić information content (AvgIpc) is 3.03. The topological polar surface area (TPSA) is 142 Å². The van der Waals surface area contributed by atoms with Gasteiger partial charge >= 0.3 is 5.97 Å². The molecule has 0 spiro atoms. The van der Waals surface area contributed by atoms with E-state index in [4.69, 9.17) is 4.74 Å². The van der Waals surface area contributed by atoms with Crippen molar-refractivity contribution in [3.8, 4) is 0 Å². The summed E-state index contributed by atoms with van der Waals surface area (Å²) in [7, 11) is 1.37. The molecule has 2 aromatic carbocycles. The fraction of sp³-hybridized carbons (Fsp3) is 0.182. The summed E-state index contributed by atoms with van der Waals surface area (Å²) in [5.41, 5.74) is 3.70. The maximum atomic E-state index is 12.2. The van der Waals surface area contributed by atoms with Gasteiger partial charge in [0.05, 0.1) is 22.4 Å². The van der Waals surface area contributed by atoms with Crippen LogP contribution in [-0.2, 0) is 19.1 Å². The van der Waals surface area contributed by atoms with E-state index in [1.165, 1.54) is 49.5 Å². The van der Waals surface area contributed by atoms with Crippen molar-refractivity contribution in [1.82, 2.24) is 10.3 Å². The van der Waals surface area contributed by atoms with Crippen LogP contribution in [0.15, 0.2) is 42.5 Å². The fourth-order valence-electron chi connectivity index (χ4n) is 3.38. The van der Waals surface area contributed by atoms with Crippen LogP contribution in [-0.4, -0.2) is 54.1 Å². The lowest BCUT2D eigenvalue weighted by atomic mass is 10.1. The summed E-state index contributed by atoms with van der Waals surface area (Å²) in [6.45, 7) is -0.578. The number of anilines is 2. The smallest absolute Gasteiger partial charge is 0.338 e. The third kappa shape index (κ3) is 4.28. The van der Waals surface area contributed by atoms with Gasteiger partial charge < -0.3 is 10.1 Å². The summed E-state index contributed by atoms with van der Waals surface area (Å²) in [6.07, 6.45) is 0.217. The quantitative estimate of drug-likeness (QED) is 0.508. The standard InChI is InChI=1S/C22H18N4O7/c1-25-20(30)15-7-4-13(10-16(15)21(25)31)23-18(28)11-33-22(32)12-2-5-14(6-3-12)26-19(29)9-8-17(27)24-26/h2-7,10H,8-9,11H2,1H3,(H,23,28)(H,24,27). The highest BCUT2D eigenvalue weighted by Gasteiger charge is 2.32. The van der Waals surface area contributed by atoms with Crippen LogP contribution in [0.4, 0.5) is 11.4 Å². The predicted octanol–water partition coefficient (Wildman–Crippen LogP) is 0.866. The van der Waals surface area contributed by atoms with Gasteiger partial charge in [0.1, 0.15) is 0 Å². The van der Waals surface area contributed by atoms with Crippen LogP contribution < -0.4 is 15.8 Å². The SMILES string of the molecule is CN1C(=O)c2ccc(NC(=O)COC(=O)c3ccc(N4NC(=O)CCC4=O)cc3)cc2C1=O. The molecule has 2 aliphatic rings. The van der Waals surface area contributed by atoms with Crippen molar-refractivity contribution in [1.29, 1.82) is 0 Å². The van der Waals surface area contributed by atoms with E-state index in [-0.39, 0.29) is 47.0 Å². The molecule has 1 fully saturated rings. The molecule has 0 atom stereocenters. The first-order valence-electron chi connectivity index (χ1n) is 9.90. The third-order valence-electron chi connectivity index (χ3n) is 5.12. The van der Waals surface area contributed by atoms with Crippen molar-refractivity contribution in [2.75, 3.05) is 24.0 Å². The highest BCUT2D eigenvalue weighted by atomic mass is 16.5. The molecule has 168 valence electrons. The highest BCUT2D eigenvalue weighted by Crippen LogP contribution is 2.24. The predicted molar refractivity (Wildman–Crippen MR) is 113 cm³/mol. The van der Waals surface area contributed by atoms with E-state index < -0.39 is 30.3 Å². The number of rotatable bonds is 5. The minimum absolute atomic E-state index is 0.0934. The molecule has 33 heavy (non-hydrogen) atoms. The van der Waals surface area contributed by atoms with Crippen molar-refractivity contribution < 1.29 is 33.5 Å². The number of ether oxygens (including phenoxy) is 1. The van der Waals surface area contributed by atoms with Crippen molar-refractivity contribution in [3.05, 3.63) is 59.2 Å². The van der Waals surface area contributed by atoms with Gasteiger partial charge in [0.25, 0.3) is 17.7 Å². The van der Waals surface area contributed by atoms with Crippen molar-refractivity contribution in [2.24, 2.45) is 0 Å². The minimum atomic E-state index is -0.762. The number of hydrazine groups is 1. The Morgan fingerprint density at radius 2 is 1.67 bits per heavy atom. The Morgan fingerprint density at radius 1 is 0.970 bits per heavy atom. The Balaban J connectivity index is 1.33. The molecule has 11 heteroatoms. The molecule has 0 aromatic heterocycles. The van der Waals surface area contributed by atoms with Gasteiger partial charge in [0.2, 0.25) is 11.8 Å². The molecule has 2 aliphatic heterocycles. The lowest BCUT2D eigenvalue weighted by Gasteiger charge is -2.27. The number of esters is 1. The molecule has 0 bridgehead atoms. The molecule has 5 amide bonds. The van der Waals surface area contributed by atoms with E-state index in [1.54, 1.807) is 0 Å². The van der Waals surface area contributed by atoms with Gasteiger partial charge in [0, 0.05) is 25.6 Å². The number of hydrogen-bond acceptors (Lipinski definition) is 7. The van der Waals surface area contributed by atoms with E-state index in [0.717, 1.165) is 9.91 Å². The second kappa shape index (κ2) is 8.54. The first-order valence-corrected chi connectivity index (χ1v) is 9.90. The maximum Gasteiger partial charge on any atom is 0.338 e. The van der Waals surface area contributed by atoms with Crippen LogP contribution >= 0.6 is 0 Å². The number of carbonyl (C=O) groups excluding carboxylic acids is 6. The Kier molecular flexibility index (Phi) is 5.61. The second-order valence-electron chi connectivity index (χ2n) is 7.36. The van der Waals surface area contributed by atoms with Gasteiger partial charge in [-0.1, -0.05) is 0 Å². The Labute approximate surface area is 187 Å². The summed E-state index contributed by atoms with van der Waals surface area (Å²) in [5.74, 6) is -2.83. The van der Waals surface area contributed by atoms with Crippen LogP contribution in [0.5, 0.6) is 0 Å². The van der Waals surface area contributed by atoms with Gasteiger partial charge in [-0.3, -0.25) is 34.3 Å². The zero-order chi connectivity index (χ0) is 23.7. The van der Waals surface area contributed by atoms with Gasteiger partial charge in [-0.05, 0) is 42.5 Å². The summed E-state index contributed by atoms with van der Waals surface area (Å²) < 4.78 is 5.00. The molecule has 0 radical (unpaired) electrons. The van der Waals surface area contributed by atoms with E-state index in [1.807, 2.05) is 0 Å². The summed E-state index contributed by atoms with van der Waals surface area (Å²) in [6, 6.07) is 10.1. The first kappa shape index (κ1) is 21.7. The molecule has 2 N–H and O–H groups in total. The lowest BCUT2D eigenvalue weighted by Crippen LogP contribution is -2.50. The summed E-state index contributed by atoms with van der Waals surface area (Å²) >= 11 is 0. The van der Waals surface area contributed by atoms with E-state index in [0.29, 0.717) is 5.69 Å². The number of benzene rings is 2. The number of nitrogens with one attached hydrogen (secondary N) is 2. The largest absolute Gasteiger partial charge is 0.452 e. The van der Waals surface area contributed by atoms with Crippen molar-refractivity contribution in [3.63, 3.8) is 0 Å². The van der Waals surface area contributed by atoms with Gasteiger partial charge in [0.15, 0.2) is 6.61 Å². The number of amides is 5. The molecule has 2 aromatic rings. The zero-order valence-corrected chi connectivity index (χ0v) is 17.4. The van der Waals surface area contributed by atoms with Crippen LogP contribution in [0.25, 0.3) is 0 Å². The van der Waals surface area contributed by atoms with Gasteiger partial charge in [-0.15, -0.1) is 0 Å². The Bertz CT molecular complexity index is 1210. The van der Waals surface area contributed by atoms with Crippen LogP contribution in [0.3, 0.4) is 0 Å². The summed E-state index contributed by atoms with van der Waals surface area (Å²) in [5, 5.41) is 3.62. The maximum absolute atomic E-state index is 12.2. The van der Waals surface area contributed by atoms with Crippen molar-refractivity contribution >= 4 is 46.9 Å². The lowest BCUT2D eigenvalue weighted by molar-refractivity contribution is -0.130. The average molecular weight is 450 g/mol. The zero-order valence-electron chi connectivity index (χ0n) is 17.4. The fourth-order valence-corrected chi connectivity index (χ4v) is 3.38. The number of imide groups is 1. The molecule has 11 nitrogen and oxygen atoms in total. The number of hydrogen-bond donors (Lipinski definition) is 2. The minimum Gasteiger partial charge on any atom is -0.452 e. The molecular formula is C22H18N4O7.